The summed E-state index contributed by atoms with van der Waals surface area (Å²) in [6.07, 6.45) is 1.57. The topological polar surface area (TPSA) is 78.2 Å². The summed E-state index contributed by atoms with van der Waals surface area (Å²) in [7, 11) is 4.97. The predicted molar refractivity (Wildman–Crippen MR) is 85.2 cm³/mol. The normalized spacial score (nSPS) is 14.9. The zero-order valence-corrected chi connectivity index (χ0v) is 13.6. The first-order chi connectivity index (χ1) is 10.6. The van der Waals surface area contributed by atoms with E-state index in [2.05, 4.69) is 11.1 Å². The van der Waals surface area contributed by atoms with Gasteiger partial charge in [0, 0.05) is 27.2 Å². The number of hydrogen-bond acceptors (Lipinski definition) is 7. The minimum absolute atomic E-state index is 0.346. The quantitative estimate of drug-likeness (QED) is 0.474. The number of carbonyl (C=O) groups excluding carboxylic acids is 1. The molecule has 0 amide bonds. The lowest BCUT2D eigenvalue weighted by Crippen LogP contribution is -2.36. The van der Waals surface area contributed by atoms with Gasteiger partial charge in [0.1, 0.15) is 27.2 Å². The largest absolute Gasteiger partial charge is 0.465 e. The molecular formula is C14H18N4O3S. The van der Waals surface area contributed by atoms with E-state index in [0.717, 1.165) is 5.00 Å². The van der Waals surface area contributed by atoms with Gasteiger partial charge in [-0.3, -0.25) is 0 Å². The molecule has 0 N–H and O–H groups in total. The van der Waals surface area contributed by atoms with Crippen molar-refractivity contribution in [1.82, 2.24) is 4.90 Å². The second-order valence-electron chi connectivity index (χ2n) is 4.87. The standard InChI is InChI=1S/C14H18N4O3S/c1-17(2)9-16-11-10(8-15)13(18-4-6-21-7-5-18)22-12(11)14(19)20-3/h9H,4-7H2,1-3H3. The lowest BCUT2D eigenvalue weighted by Gasteiger charge is -2.27. The lowest BCUT2D eigenvalue weighted by atomic mass is 10.2. The molecule has 1 aromatic rings. The molecule has 7 nitrogen and oxygen atoms in total. The summed E-state index contributed by atoms with van der Waals surface area (Å²) < 4.78 is 10.1. The molecule has 0 aromatic carbocycles. The average Bonchev–Trinajstić information content (AvgIpc) is 2.91. The number of rotatable bonds is 4. The first-order valence-electron chi connectivity index (χ1n) is 6.77. The van der Waals surface area contributed by atoms with Crippen molar-refractivity contribution in [2.24, 2.45) is 4.99 Å². The van der Waals surface area contributed by atoms with Crippen molar-refractivity contribution in [3.05, 3.63) is 10.4 Å². The van der Waals surface area contributed by atoms with Crippen LogP contribution < -0.4 is 4.90 Å². The Kier molecular flexibility index (Phi) is 5.35. The fourth-order valence-electron chi connectivity index (χ4n) is 2.03. The number of nitriles is 1. The SMILES string of the molecule is COC(=O)c1sc(N2CCOCC2)c(C#N)c1N=CN(C)C. The highest BCUT2D eigenvalue weighted by molar-refractivity contribution is 7.18. The highest BCUT2D eigenvalue weighted by Crippen LogP contribution is 2.41. The third-order valence-corrected chi connectivity index (χ3v) is 4.28. The molecule has 0 atom stereocenters. The molecule has 1 aromatic heterocycles. The van der Waals surface area contributed by atoms with E-state index < -0.39 is 5.97 Å². The molecular weight excluding hydrogens is 304 g/mol. The Morgan fingerprint density at radius 2 is 2.18 bits per heavy atom. The Hall–Kier alpha value is -2.11. The number of esters is 1. The van der Waals surface area contributed by atoms with E-state index >= 15 is 0 Å². The van der Waals surface area contributed by atoms with Crippen LogP contribution in [0.25, 0.3) is 0 Å². The van der Waals surface area contributed by atoms with Crippen LogP contribution in [0.1, 0.15) is 15.2 Å². The van der Waals surface area contributed by atoms with E-state index in [9.17, 15) is 10.1 Å². The summed E-state index contributed by atoms with van der Waals surface area (Å²) in [5.41, 5.74) is 0.778. The zero-order chi connectivity index (χ0) is 16.1. The van der Waals surface area contributed by atoms with Crippen LogP contribution in [0, 0.1) is 11.3 Å². The van der Waals surface area contributed by atoms with Gasteiger partial charge in [0.25, 0.3) is 0 Å². The number of hydrogen-bond donors (Lipinski definition) is 0. The maximum absolute atomic E-state index is 12.0. The molecule has 22 heavy (non-hydrogen) atoms. The summed E-state index contributed by atoms with van der Waals surface area (Å²) in [6.45, 7) is 2.58. The summed E-state index contributed by atoms with van der Waals surface area (Å²) in [4.78, 5) is 20.4. The Bertz CT molecular complexity index is 612. The molecule has 1 fully saturated rings. The Morgan fingerprint density at radius 3 is 2.73 bits per heavy atom. The second-order valence-corrected chi connectivity index (χ2v) is 5.87. The summed E-state index contributed by atoms with van der Waals surface area (Å²) in [5, 5.41) is 10.3. The summed E-state index contributed by atoms with van der Waals surface area (Å²) in [6, 6.07) is 2.17. The van der Waals surface area contributed by atoms with Crippen molar-refractivity contribution in [1.29, 1.82) is 5.26 Å². The Balaban J connectivity index is 2.50. The average molecular weight is 322 g/mol. The first kappa shape index (κ1) is 16.3. The smallest absolute Gasteiger partial charge is 0.350 e. The molecule has 8 heteroatoms. The molecule has 0 radical (unpaired) electrons. The van der Waals surface area contributed by atoms with Gasteiger partial charge in [-0.25, -0.2) is 9.79 Å². The number of anilines is 1. The van der Waals surface area contributed by atoms with Crippen molar-refractivity contribution in [2.75, 3.05) is 52.4 Å². The fraction of sp³-hybridized carbons (Fsp3) is 0.500. The van der Waals surface area contributed by atoms with E-state index in [1.165, 1.54) is 18.4 Å². The van der Waals surface area contributed by atoms with Gasteiger partial charge in [-0.15, -0.1) is 11.3 Å². The van der Waals surface area contributed by atoms with Crippen LogP contribution in [0.15, 0.2) is 4.99 Å². The molecule has 1 aliphatic rings. The van der Waals surface area contributed by atoms with E-state index in [-0.39, 0.29) is 0 Å². The number of morpholine rings is 1. The van der Waals surface area contributed by atoms with E-state index in [1.54, 1.807) is 11.2 Å². The number of aliphatic imine (C=N–C) groups is 1. The van der Waals surface area contributed by atoms with Gasteiger partial charge in [0.15, 0.2) is 0 Å². The van der Waals surface area contributed by atoms with Crippen LogP contribution in [-0.4, -0.2) is 64.7 Å². The molecule has 1 saturated heterocycles. The molecule has 0 saturated carbocycles. The van der Waals surface area contributed by atoms with Crippen molar-refractivity contribution < 1.29 is 14.3 Å². The molecule has 2 heterocycles. The van der Waals surface area contributed by atoms with E-state index in [0.29, 0.717) is 42.4 Å². The first-order valence-corrected chi connectivity index (χ1v) is 7.58. The van der Waals surface area contributed by atoms with Crippen molar-refractivity contribution in [2.45, 2.75) is 0 Å². The lowest BCUT2D eigenvalue weighted by molar-refractivity contribution is 0.0607. The van der Waals surface area contributed by atoms with Crippen LogP contribution in [0.4, 0.5) is 10.7 Å². The van der Waals surface area contributed by atoms with Crippen LogP contribution in [0.2, 0.25) is 0 Å². The van der Waals surface area contributed by atoms with Crippen LogP contribution in [0.5, 0.6) is 0 Å². The molecule has 1 aliphatic heterocycles. The monoisotopic (exact) mass is 322 g/mol. The fourth-order valence-corrected chi connectivity index (χ4v) is 3.20. The summed E-state index contributed by atoms with van der Waals surface area (Å²) >= 11 is 1.24. The van der Waals surface area contributed by atoms with Gasteiger partial charge in [-0.1, -0.05) is 0 Å². The molecule has 2 rings (SSSR count). The second kappa shape index (κ2) is 7.24. The van der Waals surface area contributed by atoms with Gasteiger partial charge in [0.2, 0.25) is 0 Å². The minimum atomic E-state index is -0.480. The molecule has 118 valence electrons. The van der Waals surface area contributed by atoms with Crippen molar-refractivity contribution >= 4 is 34.3 Å². The maximum atomic E-state index is 12.0. The van der Waals surface area contributed by atoms with Crippen LogP contribution >= 0.6 is 11.3 Å². The number of carbonyl (C=O) groups is 1. The highest BCUT2D eigenvalue weighted by Gasteiger charge is 2.27. The van der Waals surface area contributed by atoms with Crippen LogP contribution in [0.3, 0.4) is 0 Å². The van der Waals surface area contributed by atoms with Gasteiger partial charge >= 0.3 is 5.97 Å². The molecule has 0 bridgehead atoms. The molecule has 0 aliphatic carbocycles. The van der Waals surface area contributed by atoms with Crippen molar-refractivity contribution in [3.8, 4) is 6.07 Å². The molecule has 0 unspecified atom stereocenters. The summed E-state index contributed by atoms with van der Waals surface area (Å²) in [5.74, 6) is -0.480. The van der Waals surface area contributed by atoms with E-state index in [4.69, 9.17) is 9.47 Å². The predicted octanol–water partition coefficient (Wildman–Crippen LogP) is 1.46. The van der Waals surface area contributed by atoms with Gasteiger partial charge in [-0.2, -0.15) is 5.26 Å². The number of methoxy groups -OCH3 is 1. The van der Waals surface area contributed by atoms with Gasteiger partial charge in [0.05, 0.1) is 26.7 Å². The highest BCUT2D eigenvalue weighted by atomic mass is 32.1. The molecule has 0 spiro atoms. The third-order valence-electron chi connectivity index (χ3n) is 3.06. The number of ether oxygens (including phenoxy) is 2. The van der Waals surface area contributed by atoms with Crippen molar-refractivity contribution in [3.63, 3.8) is 0 Å². The Labute approximate surface area is 133 Å². The number of nitrogens with zero attached hydrogens (tertiary/aromatic N) is 4. The number of thiophene rings is 1. The van der Waals surface area contributed by atoms with Gasteiger partial charge in [-0.05, 0) is 0 Å². The zero-order valence-electron chi connectivity index (χ0n) is 12.8. The minimum Gasteiger partial charge on any atom is -0.465 e. The van der Waals surface area contributed by atoms with Crippen LogP contribution in [-0.2, 0) is 9.47 Å². The van der Waals surface area contributed by atoms with Gasteiger partial charge < -0.3 is 19.3 Å². The Morgan fingerprint density at radius 1 is 1.50 bits per heavy atom. The maximum Gasteiger partial charge on any atom is 0.350 e. The van der Waals surface area contributed by atoms with E-state index in [1.807, 2.05) is 19.0 Å². The third kappa shape index (κ3) is 3.37.